The molecule has 29 heavy (non-hydrogen) atoms. The number of nitrogens with zero attached hydrogens (tertiary/aromatic N) is 1. The molecule has 0 aromatic heterocycles. The van der Waals surface area contributed by atoms with Crippen LogP contribution in [0.3, 0.4) is 0 Å². The quantitative estimate of drug-likeness (QED) is 0.603. The molecular formula is C22H21ClN2O3S. The first-order chi connectivity index (χ1) is 13.8. The van der Waals surface area contributed by atoms with Gasteiger partial charge in [-0.15, -0.1) is 0 Å². The summed E-state index contributed by atoms with van der Waals surface area (Å²) in [6.45, 7) is 1.74. The molecule has 3 aromatic rings. The summed E-state index contributed by atoms with van der Waals surface area (Å²) in [6, 6.07) is 22.3. The molecule has 1 amide bonds. The SMILES string of the molecule is Cc1ccc(CN(CC(=O)Nc2ccc(Cl)cc2)S(=O)(=O)c2ccccc2)cc1. The first-order valence-electron chi connectivity index (χ1n) is 9.01. The monoisotopic (exact) mass is 428 g/mol. The van der Waals surface area contributed by atoms with Crippen molar-refractivity contribution in [3.8, 4) is 0 Å². The van der Waals surface area contributed by atoms with E-state index in [1.54, 1.807) is 42.5 Å². The van der Waals surface area contributed by atoms with Gasteiger partial charge in [-0.1, -0.05) is 59.6 Å². The van der Waals surface area contributed by atoms with Gasteiger partial charge in [0.15, 0.2) is 0 Å². The maximum atomic E-state index is 13.2. The fraction of sp³-hybridized carbons (Fsp3) is 0.136. The van der Waals surface area contributed by atoms with Gasteiger partial charge in [-0.05, 0) is 48.9 Å². The van der Waals surface area contributed by atoms with E-state index in [9.17, 15) is 13.2 Å². The zero-order valence-electron chi connectivity index (χ0n) is 15.9. The molecule has 0 atom stereocenters. The van der Waals surface area contributed by atoms with Crippen LogP contribution >= 0.6 is 11.6 Å². The number of rotatable bonds is 7. The second kappa shape index (κ2) is 9.22. The summed E-state index contributed by atoms with van der Waals surface area (Å²) in [4.78, 5) is 12.7. The third-order valence-corrected chi connectivity index (χ3v) is 6.37. The summed E-state index contributed by atoms with van der Waals surface area (Å²) in [5, 5.41) is 3.27. The predicted molar refractivity (Wildman–Crippen MR) is 115 cm³/mol. The lowest BCUT2D eigenvalue weighted by Gasteiger charge is -2.22. The third kappa shape index (κ3) is 5.67. The van der Waals surface area contributed by atoms with E-state index in [0.29, 0.717) is 10.7 Å². The van der Waals surface area contributed by atoms with Crippen LogP contribution in [0.25, 0.3) is 0 Å². The van der Waals surface area contributed by atoms with Crippen molar-refractivity contribution in [2.24, 2.45) is 0 Å². The smallest absolute Gasteiger partial charge is 0.243 e. The maximum Gasteiger partial charge on any atom is 0.243 e. The molecule has 0 aliphatic heterocycles. The molecule has 0 aliphatic carbocycles. The molecule has 0 spiro atoms. The Kier molecular flexibility index (Phi) is 6.69. The zero-order chi connectivity index (χ0) is 20.9. The minimum Gasteiger partial charge on any atom is -0.325 e. The molecule has 5 nitrogen and oxygen atoms in total. The van der Waals surface area contributed by atoms with E-state index in [1.165, 1.54) is 16.4 Å². The van der Waals surface area contributed by atoms with E-state index in [0.717, 1.165) is 11.1 Å². The minimum absolute atomic E-state index is 0.0888. The molecule has 0 bridgehead atoms. The average Bonchev–Trinajstić information content (AvgIpc) is 2.71. The number of hydrogen-bond acceptors (Lipinski definition) is 3. The summed E-state index contributed by atoms with van der Waals surface area (Å²) >= 11 is 5.86. The molecule has 0 saturated carbocycles. The largest absolute Gasteiger partial charge is 0.325 e. The fourth-order valence-electron chi connectivity index (χ4n) is 2.76. The number of amides is 1. The molecule has 0 unspecified atom stereocenters. The van der Waals surface area contributed by atoms with Gasteiger partial charge in [0, 0.05) is 17.3 Å². The topological polar surface area (TPSA) is 66.5 Å². The van der Waals surface area contributed by atoms with E-state index in [-0.39, 0.29) is 18.0 Å². The van der Waals surface area contributed by atoms with Crippen LogP contribution in [-0.4, -0.2) is 25.2 Å². The Hall–Kier alpha value is -2.67. The summed E-state index contributed by atoms with van der Waals surface area (Å²) in [5.74, 6) is -0.432. The van der Waals surface area contributed by atoms with Gasteiger partial charge in [-0.25, -0.2) is 8.42 Å². The van der Waals surface area contributed by atoms with E-state index in [4.69, 9.17) is 11.6 Å². The van der Waals surface area contributed by atoms with E-state index >= 15 is 0 Å². The van der Waals surface area contributed by atoms with Crippen LogP contribution in [0.2, 0.25) is 5.02 Å². The fourth-order valence-corrected chi connectivity index (χ4v) is 4.29. The van der Waals surface area contributed by atoms with Gasteiger partial charge in [0.1, 0.15) is 0 Å². The van der Waals surface area contributed by atoms with Crippen molar-refractivity contribution in [1.82, 2.24) is 4.31 Å². The van der Waals surface area contributed by atoms with Crippen LogP contribution < -0.4 is 5.32 Å². The first-order valence-corrected chi connectivity index (χ1v) is 10.8. The lowest BCUT2D eigenvalue weighted by atomic mass is 10.1. The van der Waals surface area contributed by atoms with Crippen LogP contribution in [0.5, 0.6) is 0 Å². The number of benzene rings is 3. The number of sulfonamides is 1. The summed E-state index contributed by atoms with van der Waals surface area (Å²) in [7, 11) is -3.85. The Morgan fingerprint density at radius 1 is 0.931 bits per heavy atom. The second-order valence-corrected chi connectivity index (χ2v) is 9.00. The normalized spacial score (nSPS) is 11.4. The number of anilines is 1. The molecule has 3 aromatic carbocycles. The predicted octanol–water partition coefficient (Wildman–Crippen LogP) is 4.48. The zero-order valence-corrected chi connectivity index (χ0v) is 17.5. The van der Waals surface area contributed by atoms with Gasteiger partial charge in [-0.2, -0.15) is 4.31 Å². The molecule has 3 rings (SSSR count). The van der Waals surface area contributed by atoms with Crippen molar-refractivity contribution in [3.63, 3.8) is 0 Å². The number of halogens is 1. The lowest BCUT2D eigenvalue weighted by molar-refractivity contribution is -0.116. The highest BCUT2D eigenvalue weighted by molar-refractivity contribution is 7.89. The van der Waals surface area contributed by atoms with Crippen LogP contribution in [0, 0.1) is 6.92 Å². The van der Waals surface area contributed by atoms with Crippen molar-refractivity contribution in [2.45, 2.75) is 18.4 Å². The Bertz CT molecular complexity index is 1070. The van der Waals surface area contributed by atoms with E-state index in [2.05, 4.69) is 5.32 Å². The Morgan fingerprint density at radius 3 is 2.17 bits per heavy atom. The molecule has 7 heteroatoms. The number of carbonyl (C=O) groups is 1. The van der Waals surface area contributed by atoms with E-state index < -0.39 is 15.9 Å². The number of aryl methyl sites for hydroxylation is 1. The second-order valence-electron chi connectivity index (χ2n) is 6.63. The highest BCUT2D eigenvalue weighted by atomic mass is 35.5. The molecule has 0 saturated heterocycles. The standard InChI is InChI=1S/C22H21ClN2O3S/c1-17-7-9-18(10-8-17)15-25(29(27,28)21-5-3-2-4-6-21)16-22(26)24-20-13-11-19(23)12-14-20/h2-14H,15-16H2,1H3,(H,24,26). The van der Waals surface area contributed by atoms with Crippen molar-refractivity contribution in [1.29, 1.82) is 0 Å². The van der Waals surface area contributed by atoms with Crippen molar-refractivity contribution >= 4 is 33.2 Å². The van der Waals surface area contributed by atoms with Crippen LogP contribution in [0.1, 0.15) is 11.1 Å². The minimum atomic E-state index is -3.85. The summed E-state index contributed by atoms with van der Waals surface area (Å²) in [6.07, 6.45) is 0. The van der Waals surface area contributed by atoms with Gasteiger partial charge in [0.25, 0.3) is 0 Å². The van der Waals surface area contributed by atoms with Gasteiger partial charge in [0.2, 0.25) is 15.9 Å². The van der Waals surface area contributed by atoms with Crippen molar-refractivity contribution in [3.05, 3.63) is 95.0 Å². The highest BCUT2D eigenvalue weighted by Crippen LogP contribution is 2.19. The van der Waals surface area contributed by atoms with Gasteiger partial charge in [0.05, 0.1) is 11.4 Å². The summed E-state index contributed by atoms with van der Waals surface area (Å²) in [5.41, 5.74) is 2.42. The first kappa shape index (κ1) is 21.0. The van der Waals surface area contributed by atoms with Crippen LogP contribution in [-0.2, 0) is 21.4 Å². The van der Waals surface area contributed by atoms with Gasteiger partial charge < -0.3 is 5.32 Å². The lowest BCUT2D eigenvalue weighted by Crippen LogP contribution is -2.37. The number of hydrogen-bond donors (Lipinski definition) is 1. The molecule has 0 fully saturated rings. The number of carbonyl (C=O) groups excluding carboxylic acids is 1. The third-order valence-electron chi connectivity index (χ3n) is 4.31. The molecular weight excluding hydrogens is 408 g/mol. The van der Waals surface area contributed by atoms with Gasteiger partial charge in [-0.3, -0.25) is 4.79 Å². The van der Waals surface area contributed by atoms with Crippen molar-refractivity contribution < 1.29 is 13.2 Å². The van der Waals surface area contributed by atoms with Gasteiger partial charge >= 0.3 is 0 Å². The van der Waals surface area contributed by atoms with Crippen LogP contribution in [0.4, 0.5) is 5.69 Å². The molecule has 150 valence electrons. The highest BCUT2D eigenvalue weighted by Gasteiger charge is 2.26. The average molecular weight is 429 g/mol. The maximum absolute atomic E-state index is 13.2. The Balaban J connectivity index is 1.84. The number of nitrogens with one attached hydrogen (secondary N) is 1. The summed E-state index contributed by atoms with van der Waals surface area (Å²) < 4.78 is 27.5. The molecule has 1 N–H and O–H groups in total. The molecule has 0 aliphatic rings. The Labute approximate surface area is 176 Å². The Morgan fingerprint density at radius 2 is 1.55 bits per heavy atom. The molecule has 0 heterocycles. The van der Waals surface area contributed by atoms with Crippen molar-refractivity contribution in [2.75, 3.05) is 11.9 Å². The van der Waals surface area contributed by atoms with E-state index in [1.807, 2.05) is 31.2 Å². The molecule has 0 radical (unpaired) electrons. The van der Waals surface area contributed by atoms with Crippen LogP contribution in [0.15, 0.2) is 83.8 Å².